The molecule has 0 saturated carbocycles. The molecule has 3 rings (SSSR count). The third-order valence-electron chi connectivity index (χ3n) is 3.65. The van der Waals surface area contributed by atoms with Crippen LogP contribution >= 0.6 is 0 Å². The SMILES string of the molecule is Cc1ccc(S(=O)(=O)NCc2ccc3nc(C)oc3c2)c(C)c1. The monoisotopic (exact) mass is 330 g/mol. The summed E-state index contributed by atoms with van der Waals surface area (Å²) < 4.78 is 33.0. The lowest BCUT2D eigenvalue weighted by atomic mass is 10.2. The fourth-order valence-electron chi connectivity index (χ4n) is 2.55. The number of aromatic nitrogens is 1. The Kier molecular flexibility index (Phi) is 3.95. The number of hydrogen-bond donors (Lipinski definition) is 1. The second-order valence-electron chi connectivity index (χ2n) is 5.63. The highest BCUT2D eigenvalue weighted by Crippen LogP contribution is 2.19. The van der Waals surface area contributed by atoms with Crippen molar-refractivity contribution in [2.24, 2.45) is 0 Å². The molecule has 1 heterocycles. The largest absolute Gasteiger partial charge is 0.441 e. The van der Waals surface area contributed by atoms with Crippen molar-refractivity contribution in [2.75, 3.05) is 0 Å². The highest BCUT2D eigenvalue weighted by atomic mass is 32.2. The summed E-state index contributed by atoms with van der Waals surface area (Å²) in [7, 11) is -3.55. The van der Waals surface area contributed by atoms with Gasteiger partial charge in [-0.1, -0.05) is 23.8 Å². The van der Waals surface area contributed by atoms with Gasteiger partial charge in [0.25, 0.3) is 0 Å². The molecule has 0 spiro atoms. The minimum atomic E-state index is -3.55. The van der Waals surface area contributed by atoms with Gasteiger partial charge >= 0.3 is 0 Å². The van der Waals surface area contributed by atoms with E-state index in [-0.39, 0.29) is 6.54 Å². The summed E-state index contributed by atoms with van der Waals surface area (Å²) in [5.41, 5.74) is 4.02. The number of sulfonamides is 1. The van der Waals surface area contributed by atoms with Gasteiger partial charge in [0.15, 0.2) is 11.5 Å². The van der Waals surface area contributed by atoms with Gasteiger partial charge in [-0.05, 0) is 43.2 Å². The molecule has 0 radical (unpaired) electrons. The van der Waals surface area contributed by atoms with Gasteiger partial charge in [0.2, 0.25) is 10.0 Å². The topological polar surface area (TPSA) is 72.2 Å². The van der Waals surface area contributed by atoms with Gasteiger partial charge < -0.3 is 4.42 Å². The van der Waals surface area contributed by atoms with E-state index in [0.717, 1.165) is 22.2 Å². The van der Waals surface area contributed by atoms with Crippen molar-refractivity contribution in [2.45, 2.75) is 32.2 Å². The van der Waals surface area contributed by atoms with Crippen LogP contribution in [0.15, 0.2) is 45.7 Å². The molecule has 1 aromatic heterocycles. The lowest BCUT2D eigenvalue weighted by molar-refractivity contribution is 0.560. The van der Waals surface area contributed by atoms with Crippen LogP contribution in [0.2, 0.25) is 0 Å². The van der Waals surface area contributed by atoms with E-state index >= 15 is 0 Å². The van der Waals surface area contributed by atoms with E-state index in [2.05, 4.69) is 9.71 Å². The van der Waals surface area contributed by atoms with Crippen molar-refractivity contribution in [3.8, 4) is 0 Å². The molecule has 6 heteroatoms. The number of hydrogen-bond acceptors (Lipinski definition) is 4. The highest BCUT2D eigenvalue weighted by Gasteiger charge is 2.16. The van der Waals surface area contributed by atoms with Crippen LogP contribution in [0.5, 0.6) is 0 Å². The molecule has 0 unspecified atom stereocenters. The summed E-state index contributed by atoms with van der Waals surface area (Å²) in [5, 5.41) is 0. The molecule has 1 N–H and O–H groups in total. The van der Waals surface area contributed by atoms with E-state index < -0.39 is 10.0 Å². The molecule has 0 atom stereocenters. The van der Waals surface area contributed by atoms with Gasteiger partial charge in [-0.2, -0.15) is 0 Å². The molecule has 0 amide bonds. The zero-order valence-corrected chi connectivity index (χ0v) is 14.1. The van der Waals surface area contributed by atoms with Crippen molar-refractivity contribution in [1.29, 1.82) is 0 Å². The standard InChI is InChI=1S/C17H18N2O3S/c1-11-4-7-17(12(2)8-11)23(20,21)18-10-14-5-6-15-16(9-14)22-13(3)19-15/h4-9,18H,10H2,1-3H3. The molecule has 0 aliphatic rings. The van der Waals surface area contributed by atoms with Crippen molar-refractivity contribution in [3.05, 3.63) is 59.0 Å². The van der Waals surface area contributed by atoms with Gasteiger partial charge in [-0.3, -0.25) is 0 Å². The molecule has 3 aromatic rings. The smallest absolute Gasteiger partial charge is 0.241 e. The van der Waals surface area contributed by atoms with E-state index in [1.165, 1.54) is 0 Å². The first kappa shape index (κ1) is 15.7. The Bertz CT molecular complexity index is 975. The molecule has 5 nitrogen and oxygen atoms in total. The minimum absolute atomic E-state index is 0.200. The molecule has 0 aliphatic carbocycles. The van der Waals surface area contributed by atoms with E-state index in [1.807, 2.05) is 25.1 Å². The number of fused-ring (bicyclic) bond motifs is 1. The number of nitrogens with zero attached hydrogens (tertiary/aromatic N) is 1. The summed E-state index contributed by atoms with van der Waals surface area (Å²) in [6, 6.07) is 10.8. The molecular weight excluding hydrogens is 312 g/mol. The van der Waals surface area contributed by atoms with E-state index in [4.69, 9.17) is 4.42 Å². The number of benzene rings is 2. The molecule has 0 aliphatic heterocycles. The lowest BCUT2D eigenvalue weighted by Crippen LogP contribution is -2.24. The van der Waals surface area contributed by atoms with E-state index in [1.54, 1.807) is 32.0 Å². The van der Waals surface area contributed by atoms with Crippen LogP contribution in [-0.2, 0) is 16.6 Å². The number of rotatable bonds is 4. The summed E-state index contributed by atoms with van der Waals surface area (Å²) in [4.78, 5) is 4.53. The fourth-order valence-corrected chi connectivity index (χ4v) is 3.79. The Balaban J connectivity index is 1.82. The average Bonchev–Trinajstić information content (AvgIpc) is 2.84. The van der Waals surface area contributed by atoms with Gasteiger partial charge in [0.05, 0.1) is 4.90 Å². The quantitative estimate of drug-likeness (QED) is 0.797. The first-order valence-electron chi connectivity index (χ1n) is 7.28. The first-order chi connectivity index (χ1) is 10.8. The van der Waals surface area contributed by atoms with Crippen LogP contribution in [0.25, 0.3) is 11.1 Å². The van der Waals surface area contributed by atoms with Gasteiger partial charge in [0, 0.05) is 13.5 Å². The van der Waals surface area contributed by atoms with E-state index in [0.29, 0.717) is 16.4 Å². The Morgan fingerprint density at radius 1 is 1.09 bits per heavy atom. The maximum atomic E-state index is 12.5. The van der Waals surface area contributed by atoms with Crippen molar-refractivity contribution >= 4 is 21.1 Å². The molecule has 120 valence electrons. The number of aryl methyl sites for hydroxylation is 3. The van der Waals surface area contributed by atoms with Gasteiger partial charge in [-0.15, -0.1) is 0 Å². The van der Waals surface area contributed by atoms with Crippen molar-refractivity contribution in [3.63, 3.8) is 0 Å². The summed E-state index contributed by atoms with van der Waals surface area (Å²) >= 11 is 0. The Morgan fingerprint density at radius 3 is 2.61 bits per heavy atom. The molecule has 23 heavy (non-hydrogen) atoms. The van der Waals surface area contributed by atoms with Crippen LogP contribution in [0, 0.1) is 20.8 Å². The maximum absolute atomic E-state index is 12.5. The highest BCUT2D eigenvalue weighted by molar-refractivity contribution is 7.89. The second kappa shape index (κ2) is 5.79. The number of oxazole rings is 1. The Hall–Kier alpha value is -2.18. The zero-order valence-electron chi connectivity index (χ0n) is 13.3. The third-order valence-corrected chi connectivity index (χ3v) is 5.21. The van der Waals surface area contributed by atoms with Crippen LogP contribution in [0.1, 0.15) is 22.6 Å². The second-order valence-corrected chi connectivity index (χ2v) is 7.36. The summed E-state index contributed by atoms with van der Waals surface area (Å²) in [6.45, 7) is 5.71. The fraction of sp³-hybridized carbons (Fsp3) is 0.235. The predicted molar refractivity (Wildman–Crippen MR) is 88.7 cm³/mol. The van der Waals surface area contributed by atoms with Gasteiger partial charge in [0.1, 0.15) is 5.52 Å². The molecule has 0 fully saturated rings. The maximum Gasteiger partial charge on any atom is 0.241 e. The minimum Gasteiger partial charge on any atom is -0.441 e. The molecular formula is C17H18N2O3S. The average molecular weight is 330 g/mol. The van der Waals surface area contributed by atoms with Crippen molar-refractivity contribution < 1.29 is 12.8 Å². The van der Waals surface area contributed by atoms with Gasteiger partial charge in [-0.25, -0.2) is 18.1 Å². The molecule has 0 saturated heterocycles. The van der Waals surface area contributed by atoms with Crippen LogP contribution < -0.4 is 4.72 Å². The van der Waals surface area contributed by atoms with Crippen LogP contribution in [-0.4, -0.2) is 13.4 Å². The third kappa shape index (κ3) is 3.28. The predicted octanol–water partition coefficient (Wildman–Crippen LogP) is 3.23. The molecule has 2 aromatic carbocycles. The summed E-state index contributed by atoms with van der Waals surface area (Å²) in [6.07, 6.45) is 0. The van der Waals surface area contributed by atoms with E-state index in [9.17, 15) is 8.42 Å². The zero-order chi connectivity index (χ0) is 16.6. The lowest BCUT2D eigenvalue weighted by Gasteiger charge is -2.10. The first-order valence-corrected chi connectivity index (χ1v) is 8.76. The molecule has 0 bridgehead atoms. The van der Waals surface area contributed by atoms with Crippen LogP contribution in [0.3, 0.4) is 0 Å². The number of nitrogens with one attached hydrogen (secondary N) is 1. The Labute approximate surface area is 135 Å². The Morgan fingerprint density at radius 2 is 1.87 bits per heavy atom. The summed E-state index contributed by atoms with van der Waals surface area (Å²) in [5.74, 6) is 0.591. The van der Waals surface area contributed by atoms with Crippen LogP contribution in [0.4, 0.5) is 0 Å². The normalized spacial score (nSPS) is 12.0. The van der Waals surface area contributed by atoms with Crippen molar-refractivity contribution in [1.82, 2.24) is 9.71 Å².